The van der Waals surface area contributed by atoms with Gasteiger partial charge in [-0.3, -0.25) is 4.79 Å². The van der Waals surface area contributed by atoms with Crippen molar-refractivity contribution in [3.8, 4) is 0 Å². The van der Waals surface area contributed by atoms with Crippen LogP contribution in [0.5, 0.6) is 0 Å². The van der Waals surface area contributed by atoms with E-state index in [0.717, 1.165) is 47.4 Å². The van der Waals surface area contributed by atoms with Gasteiger partial charge in [0.05, 0.1) is 17.7 Å². The molecule has 3 heterocycles. The van der Waals surface area contributed by atoms with E-state index in [4.69, 9.17) is 0 Å². The Morgan fingerprint density at radius 2 is 2.33 bits per heavy atom. The van der Waals surface area contributed by atoms with E-state index >= 15 is 0 Å². The Balaban J connectivity index is 1.71. The standard InChI is InChI=1S/C17H17N3O/c1-11-8-16(20-7-3-2-4-15(11)20)17(21)12-5-6-13-14(9-12)19-10-18-13/h2-4,7-8,10,12H,5-6,9H2,1H3,(H,18,19)/t12-/m1/s1. The van der Waals surface area contributed by atoms with Crippen LogP contribution in [0.3, 0.4) is 0 Å². The first-order valence-electron chi connectivity index (χ1n) is 7.36. The Morgan fingerprint density at radius 1 is 1.43 bits per heavy atom. The number of ketones is 1. The first kappa shape index (κ1) is 12.4. The smallest absolute Gasteiger partial charge is 0.183 e. The van der Waals surface area contributed by atoms with Crippen LogP contribution in [0, 0.1) is 12.8 Å². The highest BCUT2D eigenvalue weighted by Gasteiger charge is 2.28. The molecule has 0 radical (unpaired) electrons. The quantitative estimate of drug-likeness (QED) is 0.733. The molecule has 1 N–H and O–H groups in total. The number of hydrogen-bond donors (Lipinski definition) is 1. The number of hydrogen-bond acceptors (Lipinski definition) is 2. The third kappa shape index (κ3) is 1.90. The van der Waals surface area contributed by atoms with Gasteiger partial charge in [0.25, 0.3) is 0 Å². The molecule has 0 unspecified atom stereocenters. The van der Waals surface area contributed by atoms with Crippen molar-refractivity contribution in [2.24, 2.45) is 5.92 Å². The van der Waals surface area contributed by atoms with E-state index in [2.05, 4.69) is 23.0 Å². The van der Waals surface area contributed by atoms with Crippen LogP contribution in [-0.2, 0) is 12.8 Å². The monoisotopic (exact) mass is 279 g/mol. The van der Waals surface area contributed by atoms with E-state index in [9.17, 15) is 4.79 Å². The van der Waals surface area contributed by atoms with Gasteiger partial charge in [-0.1, -0.05) is 6.07 Å². The summed E-state index contributed by atoms with van der Waals surface area (Å²) in [5.41, 5.74) is 5.30. The molecule has 0 aliphatic heterocycles. The highest BCUT2D eigenvalue weighted by atomic mass is 16.1. The Hall–Kier alpha value is -2.36. The molecule has 0 saturated carbocycles. The molecule has 21 heavy (non-hydrogen) atoms. The maximum Gasteiger partial charge on any atom is 0.183 e. The number of Topliss-reactive ketones (excluding diaryl/α,β-unsaturated/α-hetero) is 1. The van der Waals surface area contributed by atoms with Gasteiger partial charge in [0.1, 0.15) is 0 Å². The summed E-state index contributed by atoms with van der Waals surface area (Å²) >= 11 is 0. The van der Waals surface area contributed by atoms with E-state index in [1.807, 2.05) is 28.8 Å². The van der Waals surface area contributed by atoms with E-state index in [-0.39, 0.29) is 11.7 Å². The third-order valence-electron chi connectivity index (χ3n) is 4.49. The number of fused-ring (bicyclic) bond motifs is 2. The van der Waals surface area contributed by atoms with Crippen LogP contribution < -0.4 is 0 Å². The molecule has 1 aliphatic rings. The average molecular weight is 279 g/mol. The number of pyridine rings is 1. The van der Waals surface area contributed by atoms with Gasteiger partial charge in [0.15, 0.2) is 5.78 Å². The van der Waals surface area contributed by atoms with Gasteiger partial charge in [0, 0.05) is 23.3 Å². The van der Waals surface area contributed by atoms with Crippen LogP contribution >= 0.6 is 0 Å². The van der Waals surface area contributed by atoms with Crippen molar-refractivity contribution in [1.82, 2.24) is 14.4 Å². The normalized spacial score (nSPS) is 17.9. The molecule has 1 aliphatic carbocycles. The zero-order chi connectivity index (χ0) is 14.4. The number of aromatic amines is 1. The summed E-state index contributed by atoms with van der Waals surface area (Å²) in [5.74, 6) is 0.292. The van der Waals surface area contributed by atoms with E-state index in [1.165, 1.54) is 0 Å². The predicted octanol–water partition coefficient (Wildman–Crippen LogP) is 2.96. The lowest BCUT2D eigenvalue weighted by Crippen LogP contribution is -2.23. The van der Waals surface area contributed by atoms with Crippen molar-refractivity contribution in [3.05, 3.63) is 59.4 Å². The molecule has 1 atom stereocenters. The molecule has 3 aromatic heterocycles. The highest BCUT2D eigenvalue weighted by Crippen LogP contribution is 2.27. The second kappa shape index (κ2) is 4.58. The third-order valence-corrected chi connectivity index (χ3v) is 4.49. The number of aryl methyl sites for hydroxylation is 2. The van der Waals surface area contributed by atoms with Gasteiger partial charge in [0.2, 0.25) is 0 Å². The van der Waals surface area contributed by atoms with Crippen molar-refractivity contribution in [2.75, 3.05) is 0 Å². The number of imidazole rings is 1. The Kier molecular flexibility index (Phi) is 2.70. The second-order valence-electron chi connectivity index (χ2n) is 5.80. The van der Waals surface area contributed by atoms with Crippen LogP contribution in [-0.4, -0.2) is 20.2 Å². The lowest BCUT2D eigenvalue weighted by Gasteiger charge is -2.20. The summed E-state index contributed by atoms with van der Waals surface area (Å²) < 4.78 is 2.01. The number of H-pyrrole nitrogens is 1. The van der Waals surface area contributed by atoms with Crippen LogP contribution in [0.25, 0.3) is 5.52 Å². The lowest BCUT2D eigenvalue weighted by atomic mass is 9.85. The van der Waals surface area contributed by atoms with Gasteiger partial charge >= 0.3 is 0 Å². The van der Waals surface area contributed by atoms with Crippen molar-refractivity contribution in [3.63, 3.8) is 0 Å². The number of aromatic nitrogens is 3. The summed E-state index contributed by atoms with van der Waals surface area (Å²) in [4.78, 5) is 20.4. The lowest BCUT2D eigenvalue weighted by molar-refractivity contribution is 0.0901. The minimum absolute atomic E-state index is 0.0515. The summed E-state index contributed by atoms with van der Waals surface area (Å²) in [6, 6.07) is 8.05. The summed E-state index contributed by atoms with van der Waals surface area (Å²) in [6.45, 7) is 2.06. The molecule has 4 heteroatoms. The first-order chi connectivity index (χ1) is 10.2. The minimum atomic E-state index is 0.0515. The van der Waals surface area contributed by atoms with Crippen LogP contribution in [0.2, 0.25) is 0 Å². The minimum Gasteiger partial charge on any atom is -0.348 e. The Bertz CT molecular complexity index is 828. The summed E-state index contributed by atoms with van der Waals surface area (Å²) in [7, 11) is 0. The molecule has 3 aromatic rings. The van der Waals surface area contributed by atoms with Gasteiger partial charge in [-0.05, 0) is 49.9 Å². The fourth-order valence-electron chi connectivity index (χ4n) is 3.35. The molecular weight excluding hydrogens is 262 g/mol. The maximum atomic E-state index is 12.9. The number of nitrogens with zero attached hydrogens (tertiary/aromatic N) is 2. The van der Waals surface area contributed by atoms with Gasteiger partial charge in [-0.15, -0.1) is 0 Å². The number of rotatable bonds is 2. The topological polar surface area (TPSA) is 50.2 Å². The van der Waals surface area contributed by atoms with Crippen LogP contribution in [0.4, 0.5) is 0 Å². The number of carbonyl (C=O) groups excluding carboxylic acids is 1. The molecule has 4 nitrogen and oxygen atoms in total. The molecule has 0 amide bonds. The predicted molar refractivity (Wildman–Crippen MR) is 80.6 cm³/mol. The average Bonchev–Trinajstić information content (AvgIpc) is 3.11. The number of nitrogens with one attached hydrogen (secondary N) is 1. The fourth-order valence-corrected chi connectivity index (χ4v) is 3.35. The summed E-state index contributed by atoms with van der Waals surface area (Å²) in [6.07, 6.45) is 6.25. The molecule has 0 bridgehead atoms. The largest absolute Gasteiger partial charge is 0.348 e. The molecule has 0 saturated heterocycles. The van der Waals surface area contributed by atoms with Crippen molar-refractivity contribution in [2.45, 2.75) is 26.2 Å². The zero-order valence-corrected chi connectivity index (χ0v) is 12.0. The van der Waals surface area contributed by atoms with Crippen LogP contribution in [0.15, 0.2) is 36.8 Å². The van der Waals surface area contributed by atoms with Crippen molar-refractivity contribution < 1.29 is 4.79 Å². The fraction of sp³-hybridized carbons (Fsp3) is 0.294. The SMILES string of the molecule is Cc1cc(C(=O)[C@@H]2CCc3nc[nH]c3C2)n2ccccc12. The Morgan fingerprint density at radius 3 is 3.24 bits per heavy atom. The summed E-state index contributed by atoms with van der Waals surface area (Å²) in [5, 5.41) is 0. The Labute approximate surface area is 122 Å². The number of carbonyl (C=O) groups is 1. The van der Waals surface area contributed by atoms with Crippen molar-refractivity contribution >= 4 is 11.3 Å². The van der Waals surface area contributed by atoms with Crippen molar-refractivity contribution in [1.29, 1.82) is 0 Å². The zero-order valence-electron chi connectivity index (χ0n) is 12.0. The molecule has 0 fully saturated rings. The molecule has 0 spiro atoms. The van der Waals surface area contributed by atoms with E-state index in [1.54, 1.807) is 6.33 Å². The van der Waals surface area contributed by atoms with Gasteiger partial charge in [-0.25, -0.2) is 4.98 Å². The molecule has 106 valence electrons. The van der Waals surface area contributed by atoms with Gasteiger partial charge < -0.3 is 9.38 Å². The molecule has 0 aromatic carbocycles. The van der Waals surface area contributed by atoms with Crippen LogP contribution in [0.1, 0.15) is 33.9 Å². The molecule has 4 rings (SSSR count). The second-order valence-corrected chi connectivity index (χ2v) is 5.80. The van der Waals surface area contributed by atoms with Gasteiger partial charge in [-0.2, -0.15) is 0 Å². The molecular formula is C17H17N3O. The first-order valence-corrected chi connectivity index (χ1v) is 7.36. The maximum absolute atomic E-state index is 12.9. The van der Waals surface area contributed by atoms with E-state index < -0.39 is 0 Å². The van der Waals surface area contributed by atoms with E-state index in [0.29, 0.717) is 0 Å². The highest BCUT2D eigenvalue weighted by molar-refractivity contribution is 5.98.